The van der Waals surface area contributed by atoms with E-state index >= 15 is 0 Å². The number of benzene rings is 2. The Morgan fingerprint density at radius 3 is 2.43 bits per heavy atom. The predicted molar refractivity (Wildman–Crippen MR) is 105 cm³/mol. The largest absolute Gasteiger partial charge is 0.573 e. The highest BCUT2D eigenvalue weighted by atomic mass is 19.4. The Hall–Kier alpha value is -3.36. The van der Waals surface area contributed by atoms with E-state index in [9.17, 15) is 18.0 Å². The number of fused-ring (bicyclic) bond motifs is 1. The summed E-state index contributed by atoms with van der Waals surface area (Å²) >= 11 is 0. The Bertz CT molecular complexity index is 1060. The van der Waals surface area contributed by atoms with Gasteiger partial charge in [-0.2, -0.15) is 0 Å². The summed E-state index contributed by atoms with van der Waals surface area (Å²) < 4.78 is 40.7. The highest BCUT2D eigenvalue weighted by molar-refractivity contribution is 5.94. The quantitative estimate of drug-likeness (QED) is 0.650. The van der Waals surface area contributed by atoms with E-state index < -0.39 is 6.36 Å². The first-order chi connectivity index (χ1) is 14.3. The third-order valence-corrected chi connectivity index (χ3v) is 5.20. The summed E-state index contributed by atoms with van der Waals surface area (Å²) in [7, 11) is 0. The normalized spacial score (nSPS) is 15.4. The van der Waals surface area contributed by atoms with Gasteiger partial charge in [-0.1, -0.05) is 0 Å². The topological polar surface area (TPSA) is 81.3 Å². The van der Waals surface area contributed by atoms with Crippen molar-refractivity contribution in [2.45, 2.75) is 25.1 Å². The van der Waals surface area contributed by atoms with E-state index in [1.165, 1.54) is 18.5 Å². The van der Waals surface area contributed by atoms with Gasteiger partial charge in [0.15, 0.2) is 0 Å². The van der Waals surface area contributed by atoms with Gasteiger partial charge in [0.05, 0.1) is 11.2 Å². The van der Waals surface area contributed by atoms with Crippen molar-refractivity contribution in [1.82, 2.24) is 14.9 Å². The molecule has 4 rings (SSSR count). The van der Waals surface area contributed by atoms with Crippen molar-refractivity contribution in [3.05, 3.63) is 60.0 Å². The molecule has 0 aliphatic carbocycles. The molecule has 1 aromatic heterocycles. The molecule has 0 atom stereocenters. The zero-order valence-electron chi connectivity index (χ0n) is 15.9. The number of rotatable bonds is 3. The molecule has 0 bridgehead atoms. The second-order valence-electron chi connectivity index (χ2n) is 7.17. The number of anilines is 1. The van der Waals surface area contributed by atoms with Crippen LogP contribution in [0.1, 0.15) is 34.8 Å². The second-order valence-corrected chi connectivity index (χ2v) is 7.17. The molecule has 156 valence electrons. The highest BCUT2D eigenvalue weighted by Gasteiger charge is 2.31. The number of halogens is 3. The van der Waals surface area contributed by atoms with Crippen LogP contribution in [0, 0.1) is 0 Å². The fourth-order valence-electron chi connectivity index (χ4n) is 3.76. The minimum Gasteiger partial charge on any atom is -0.406 e. The maximum Gasteiger partial charge on any atom is 0.573 e. The number of aromatic nitrogens is 2. The number of alkyl halides is 3. The van der Waals surface area contributed by atoms with Gasteiger partial charge < -0.3 is 15.4 Å². The van der Waals surface area contributed by atoms with Gasteiger partial charge in [0.25, 0.3) is 5.91 Å². The van der Waals surface area contributed by atoms with E-state index in [1.54, 1.807) is 4.90 Å². The van der Waals surface area contributed by atoms with Crippen LogP contribution in [0.4, 0.5) is 18.9 Å². The fraction of sp³-hybridized carbons (Fsp3) is 0.286. The molecule has 2 N–H and O–H groups in total. The molecule has 0 unspecified atom stereocenters. The number of carbonyl (C=O) groups is 1. The van der Waals surface area contributed by atoms with Crippen molar-refractivity contribution in [1.29, 1.82) is 0 Å². The molecular formula is C21H19F3N4O2. The maximum absolute atomic E-state index is 12.7. The number of likely N-dealkylation sites (tertiary alicyclic amines) is 1. The molecule has 1 aliphatic rings. The molecule has 1 aliphatic heterocycles. The second kappa shape index (κ2) is 7.81. The van der Waals surface area contributed by atoms with Gasteiger partial charge in [0, 0.05) is 35.6 Å². The minimum atomic E-state index is -4.76. The van der Waals surface area contributed by atoms with Crippen LogP contribution < -0.4 is 10.5 Å². The average molecular weight is 416 g/mol. The lowest BCUT2D eigenvalue weighted by molar-refractivity contribution is -0.274. The van der Waals surface area contributed by atoms with E-state index in [-0.39, 0.29) is 17.6 Å². The number of piperidine rings is 1. The van der Waals surface area contributed by atoms with Crippen LogP contribution in [-0.2, 0) is 0 Å². The molecule has 6 nitrogen and oxygen atoms in total. The summed E-state index contributed by atoms with van der Waals surface area (Å²) in [5.74, 6) is -0.382. The number of nitrogens with zero attached hydrogens (tertiary/aromatic N) is 3. The first kappa shape index (κ1) is 19.9. The highest BCUT2D eigenvalue weighted by Crippen LogP contribution is 2.32. The summed E-state index contributed by atoms with van der Waals surface area (Å²) in [4.78, 5) is 23.2. The average Bonchev–Trinajstić information content (AvgIpc) is 2.72. The molecule has 0 spiro atoms. The summed E-state index contributed by atoms with van der Waals surface area (Å²) in [5.41, 5.74) is 8.53. The number of hydrogen-bond donors (Lipinski definition) is 1. The Labute approximate surface area is 170 Å². The SMILES string of the molecule is Nc1ccc2c(C3CCN(C(=O)c4ccc(OC(F)(F)F)cc4)CC3)ncnc2c1. The third-order valence-electron chi connectivity index (χ3n) is 5.20. The van der Waals surface area contributed by atoms with Gasteiger partial charge in [-0.15, -0.1) is 13.2 Å². The third kappa shape index (κ3) is 4.29. The van der Waals surface area contributed by atoms with Gasteiger partial charge in [-0.25, -0.2) is 9.97 Å². The Balaban J connectivity index is 1.43. The molecule has 9 heteroatoms. The molecule has 30 heavy (non-hydrogen) atoms. The molecule has 0 radical (unpaired) electrons. The summed E-state index contributed by atoms with van der Waals surface area (Å²) in [6.07, 6.45) is -1.77. The molecule has 1 fully saturated rings. The molecule has 3 aromatic rings. The molecule has 0 saturated carbocycles. The van der Waals surface area contributed by atoms with E-state index in [0.717, 1.165) is 41.6 Å². The summed E-state index contributed by atoms with van der Waals surface area (Å²) in [6.45, 7) is 1.07. The number of hydrogen-bond acceptors (Lipinski definition) is 5. The number of nitrogen functional groups attached to an aromatic ring is 1. The van der Waals surface area contributed by atoms with Gasteiger partial charge in [0.1, 0.15) is 12.1 Å². The first-order valence-electron chi connectivity index (χ1n) is 9.45. The number of nitrogens with two attached hydrogens (primary N) is 1. The van der Waals surface area contributed by atoms with Crippen LogP contribution in [-0.4, -0.2) is 40.2 Å². The lowest BCUT2D eigenvalue weighted by Crippen LogP contribution is -2.38. The monoisotopic (exact) mass is 416 g/mol. The molecule has 2 heterocycles. The molecule has 2 aromatic carbocycles. The lowest BCUT2D eigenvalue weighted by atomic mass is 9.90. The number of ether oxygens (including phenoxy) is 1. The van der Waals surface area contributed by atoms with Gasteiger partial charge in [0.2, 0.25) is 0 Å². The van der Waals surface area contributed by atoms with Crippen molar-refractivity contribution >= 4 is 22.5 Å². The van der Waals surface area contributed by atoms with Crippen LogP contribution in [0.15, 0.2) is 48.8 Å². The maximum atomic E-state index is 12.7. The van der Waals surface area contributed by atoms with Gasteiger partial charge in [-0.3, -0.25) is 4.79 Å². The molecular weight excluding hydrogens is 397 g/mol. The summed E-state index contributed by atoms with van der Waals surface area (Å²) in [6, 6.07) is 10.5. The fourth-order valence-corrected chi connectivity index (χ4v) is 3.76. The van der Waals surface area contributed by atoms with Crippen molar-refractivity contribution in [3.63, 3.8) is 0 Å². The lowest BCUT2D eigenvalue weighted by Gasteiger charge is -2.32. The first-order valence-corrected chi connectivity index (χ1v) is 9.45. The zero-order valence-corrected chi connectivity index (χ0v) is 15.9. The van der Waals surface area contributed by atoms with Gasteiger partial charge >= 0.3 is 6.36 Å². The van der Waals surface area contributed by atoms with Crippen LogP contribution >= 0.6 is 0 Å². The molecule has 1 saturated heterocycles. The van der Waals surface area contributed by atoms with Crippen LogP contribution in [0.25, 0.3) is 10.9 Å². The number of amides is 1. The smallest absolute Gasteiger partial charge is 0.406 e. The van der Waals surface area contributed by atoms with E-state index in [0.29, 0.717) is 24.3 Å². The zero-order chi connectivity index (χ0) is 21.3. The van der Waals surface area contributed by atoms with Gasteiger partial charge in [-0.05, 0) is 55.3 Å². The van der Waals surface area contributed by atoms with Crippen LogP contribution in [0.3, 0.4) is 0 Å². The van der Waals surface area contributed by atoms with Crippen molar-refractivity contribution < 1.29 is 22.7 Å². The van der Waals surface area contributed by atoms with E-state index in [4.69, 9.17) is 5.73 Å². The number of carbonyl (C=O) groups excluding carboxylic acids is 1. The van der Waals surface area contributed by atoms with E-state index in [2.05, 4.69) is 14.7 Å². The minimum absolute atomic E-state index is 0.186. The van der Waals surface area contributed by atoms with Crippen molar-refractivity contribution in [3.8, 4) is 5.75 Å². The Morgan fingerprint density at radius 1 is 1.07 bits per heavy atom. The summed E-state index contributed by atoms with van der Waals surface area (Å²) in [5, 5.41) is 0.955. The van der Waals surface area contributed by atoms with Crippen molar-refractivity contribution in [2.75, 3.05) is 18.8 Å². The predicted octanol–water partition coefficient (Wildman–Crippen LogP) is 4.13. The molecule has 1 amide bonds. The van der Waals surface area contributed by atoms with Crippen LogP contribution in [0.5, 0.6) is 5.75 Å². The van der Waals surface area contributed by atoms with Crippen molar-refractivity contribution in [2.24, 2.45) is 0 Å². The Kier molecular flexibility index (Phi) is 5.19. The van der Waals surface area contributed by atoms with E-state index in [1.807, 2.05) is 18.2 Å². The van der Waals surface area contributed by atoms with Crippen LogP contribution in [0.2, 0.25) is 0 Å². The standard InChI is InChI=1S/C21H19F3N4O2/c22-21(23,24)30-16-4-1-14(2-5-16)20(29)28-9-7-13(8-10-28)19-17-6-3-15(25)11-18(17)26-12-27-19/h1-6,11-13H,7-10,25H2. The Morgan fingerprint density at radius 2 is 1.77 bits per heavy atom.